The van der Waals surface area contributed by atoms with Gasteiger partial charge in [0.05, 0.1) is 29.7 Å². The molecule has 0 aliphatic carbocycles. The average Bonchev–Trinajstić information content (AvgIpc) is 2.52. The van der Waals surface area contributed by atoms with Crippen molar-refractivity contribution in [1.82, 2.24) is 4.98 Å². The van der Waals surface area contributed by atoms with Crippen LogP contribution in [0.15, 0.2) is 33.9 Å². The van der Waals surface area contributed by atoms with E-state index in [9.17, 15) is 13.2 Å². The molecule has 0 aliphatic heterocycles. The lowest BCUT2D eigenvalue weighted by atomic mass is 10.2. The predicted octanol–water partition coefficient (Wildman–Crippen LogP) is 7.81. The summed E-state index contributed by atoms with van der Waals surface area (Å²) in [6.45, 7) is 0.237. The molecule has 0 amide bonds. The number of pyridine rings is 1. The summed E-state index contributed by atoms with van der Waals surface area (Å²) in [5.41, 5.74) is -0.637. The van der Waals surface area contributed by atoms with Crippen LogP contribution in [0, 0.1) is 0 Å². The number of halogens is 8. The van der Waals surface area contributed by atoms with Crippen LogP contribution in [0.5, 0.6) is 5.75 Å². The zero-order chi connectivity index (χ0) is 19.5. The Morgan fingerprint density at radius 2 is 1.81 bits per heavy atom. The molecule has 1 heterocycles. The van der Waals surface area contributed by atoms with Gasteiger partial charge in [-0.15, -0.1) is 0 Å². The largest absolute Gasteiger partial charge is 0.488 e. The molecule has 1 N–H and O–H groups in total. The Hall–Kier alpha value is -0.670. The molecule has 0 saturated carbocycles. The number of hydrogen-bond donors (Lipinski definition) is 1. The zero-order valence-corrected chi connectivity index (χ0v) is 17.9. The molecule has 2 aromatic rings. The third kappa shape index (κ3) is 5.92. The van der Waals surface area contributed by atoms with Crippen LogP contribution in [-0.2, 0) is 6.18 Å². The highest BCUT2D eigenvalue weighted by molar-refractivity contribution is 9.28. The fourth-order valence-electron chi connectivity index (χ4n) is 1.74. The van der Waals surface area contributed by atoms with E-state index >= 15 is 0 Å². The molecule has 0 radical (unpaired) electrons. The zero-order valence-electron chi connectivity index (χ0n) is 12.5. The van der Waals surface area contributed by atoms with Crippen LogP contribution >= 0.6 is 66.7 Å². The molecule has 0 fully saturated rings. The Morgan fingerprint density at radius 3 is 2.38 bits per heavy atom. The lowest BCUT2D eigenvalue weighted by Crippen LogP contribution is -2.06. The van der Waals surface area contributed by atoms with Crippen molar-refractivity contribution in [2.75, 3.05) is 11.9 Å². The number of nitrogens with zero attached hydrogens (tertiary/aromatic N) is 1. The van der Waals surface area contributed by atoms with Gasteiger partial charge in [-0.1, -0.05) is 34.8 Å². The van der Waals surface area contributed by atoms with Crippen LogP contribution in [0.2, 0.25) is 15.1 Å². The van der Waals surface area contributed by atoms with Crippen molar-refractivity contribution < 1.29 is 17.9 Å². The maximum atomic E-state index is 12.7. The Balaban J connectivity index is 2.22. The number of nitrogens with one attached hydrogen (secondary N) is 1. The van der Waals surface area contributed by atoms with Crippen molar-refractivity contribution in [3.05, 3.63) is 54.5 Å². The Bertz CT molecular complexity index is 844. The predicted molar refractivity (Wildman–Crippen MR) is 105 cm³/mol. The molecule has 0 spiro atoms. The van der Waals surface area contributed by atoms with E-state index in [0.717, 1.165) is 6.07 Å². The van der Waals surface area contributed by atoms with Gasteiger partial charge in [-0.05, 0) is 50.1 Å². The van der Waals surface area contributed by atoms with Gasteiger partial charge in [-0.3, -0.25) is 0 Å². The van der Waals surface area contributed by atoms with Crippen molar-refractivity contribution in [3.8, 4) is 5.75 Å². The standard InChI is InChI=1S/C15H8Br2Cl3F3N2O/c16-13(17)1-2-26-12-5-8(18)11(4-9(12)19)25-14-10(20)3-7(6-24-14)15(21,22)23/h1,3-6H,2H2,(H,24,25). The van der Waals surface area contributed by atoms with Gasteiger partial charge in [0.1, 0.15) is 18.2 Å². The molecule has 0 aliphatic rings. The van der Waals surface area contributed by atoms with Gasteiger partial charge in [-0.2, -0.15) is 13.2 Å². The molecule has 0 saturated heterocycles. The summed E-state index contributed by atoms with van der Waals surface area (Å²) in [5.74, 6) is 0.351. The van der Waals surface area contributed by atoms with Gasteiger partial charge >= 0.3 is 6.18 Å². The summed E-state index contributed by atoms with van der Waals surface area (Å²) >= 11 is 24.6. The van der Waals surface area contributed by atoms with Gasteiger partial charge in [0.2, 0.25) is 0 Å². The molecule has 0 bridgehead atoms. The summed E-state index contributed by atoms with van der Waals surface area (Å²) in [7, 11) is 0. The normalized spacial score (nSPS) is 11.2. The minimum Gasteiger partial charge on any atom is -0.488 e. The van der Waals surface area contributed by atoms with E-state index in [1.54, 1.807) is 6.08 Å². The minimum absolute atomic E-state index is 0.0115. The molecule has 140 valence electrons. The number of hydrogen-bond acceptors (Lipinski definition) is 3. The van der Waals surface area contributed by atoms with Crippen LogP contribution < -0.4 is 10.1 Å². The SMILES string of the molecule is FC(F)(F)c1cnc(Nc2cc(Cl)c(OCC=C(Br)Br)cc2Cl)c(Cl)c1. The lowest BCUT2D eigenvalue weighted by Gasteiger charge is -2.14. The third-order valence-corrected chi connectivity index (χ3v) is 4.46. The fourth-order valence-corrected chi connectivity index (χ4v) is 2.64. The summed E-state index contributed by atoms with van der Waals surface area (Å²) in [4.78, 5) is 3.69. The number of benzene rings is 1. The summed E-state index contributed by atoms with van der Waals surface area (Å²) < 4.78 is 44.2. The topological polar surface area (TPSA) is 34.2 Å². The summed E-state index contributed by atoms with van der Waals surface area (Å²) in [6, 6.07) is 3.70. The highest BCUT2D eigenvalue weighted by Crippen LogP contribution is 2.38. The van der Waals surface area contributed by atoms with Crippen molar-refractivity contribution in [3.63, 3.8) is 0 Å². The van der Waals surface area contributed by atoms with Crippen LogP contribution in [-0.4, -0.2) is 11.6 Å². The van der Waals surface area contributed by atoms with E-state index in [1.165, 1.54) is 12.1 Å². The first kappa shape index (κ1) is 21.6. The average molecular weight is 555 g/mol. The molecule has 0 atom stereocenters. The summed E-state index contributed by atoms with van der Waals surface area (Å²) in [6.07, 6.45) is -2.15. The van der Waals surface area contributed by atoms with Gasteiger partial charge in [0, 0.05) is 12.3 Å². The van der Waals surface area contributed by atoms with Gasteiger partial charge < -0.3 is 10.1 Å². The first-order chi connectivity index (χ1) is 12.1. The van der Waals surface area contributed by atoms with E-state index in [1.807, 2.05) is 0 Å². The smallest absolute Gasteiger partial charge is 0.417 e. The van der Waals surface area contributed by atoms with E-state index in [0.29, 0.717) is 21.0 Å². The van der Waals surface area contributed by atoms with Crippen molar-refractivity contribution >= 4 is 78.2 Å². The second kappa shape index (κ2) is 9.01. The molecular formula is C15H8Br2Cl3F3N2O. The quantitative estimate of drug-likeness (QED) is 0.409. The highest BCUT2D eigenvalue weighted by atomic mass is 79.9. The molecular weight excluding hydrogens is 547 g/mol. The molecule has 0 unspecified atom stereocenters. The first-order valence-electron chi connectivity index (χ1n) is 6.70. The van der Waals surface area contributed by atoms with Gasteiger partial charge in [-0.25, -0.2) is 4.98 Å². The number of aromatic nitrogens is 1. The van der Waals surface area contributed by atoms with Crippen LogP contribution in [0.4, 0.5) is 24.7 Å². The molecule has 1 aromatic carbocycles. The second-order valence-corrected chi connectivity index (χ2v) is 8.74. The van der Waals surface area contributed by atoms with Crippen LogP contribution in [0.1, 0.15) is 5.56 Å². The second-order valence-electron chi connectivity index (χ2n) is 4.74. The maximum Gasteiger partial charge on any atom is 0.417 e. The van der Waals surface area contributed by atoms with Gasteiger partial charge in [0.15, 0.2) is 0 Å². The Labute approximate surface area is 178 Å². The number of anilines is 2. The number of alkyl halides is 3. The Kier molecular flexibility index (Phi) is 7.50. The van der Waals surface area contributed by atoms with Crippen molar-refractivity contribution in [2.24, 2.45) is 0 Å². The van der Waals surface area contributed by atoms with Crippen molar-refractivity contribution in [1.29, 1.82) is 0 Å². The fraction of sp³-hybridized carbons (Fsp3) is 0.133. The molecule has 26 heavy (non-hydrogen) atoms. The maximum absolute atomic E-state index is 12.7. The Morgan fingerprint density at radius 1 is 1.12 bits per heavy atom. The van der Waals surface area contributed by atoms with Crippen LogP contribution in [0.25, 0.3) is 0 Å². The van der Waals surface area contributed by atoms with E-state index in [-0.39, 0.29) is 27.5 Å². The highest BCUT2D eigenvalue weighted by Gasteiger charge is 2.31. The van der Waals surface area contributed by atoms with Gasteiger partial charge in [0.25, 0.3) is 0 Å². The lowest BCUT2D eigenvalue weighted by molar-refractivity contribution is -0.137. The van der Waals surface area contributed by atoms with Crippen LogP contribution in [0.3, 0.4) is 0 Å². The number of ether oxygens (including phenoxy) is 1. The van der Waals surface area contributed by atoms with E-state index < -0.39 is 11.7 Å². The number of rotatable bonds is 5. The van der Waals surface area contributed by atoms with Crippen molar-refractivity contribution in [2.45, 2.75) is 6.18 Å². The van der Waals surface area contributed by atoms with E-state index in [4.69, 9.17) is 39.5 Å². The third-order valence-electron chi connectivity index (χ3n) is 2.92. The molecule has 3 nitrogen and oxygen atoms in total. The first-order valence-corrected chi connectivity index (χ1v) is 9.42. The molecule has 11 heteroatoms. The summed E-state index contributed by atoms with van der Waals surface area (Å²) in [5, 5.41) is 3.02. The van der Waals surface area contributed by atoms with E-state index in [2.05, 4.69) is 42.2 Å². The monoisotopic (exact) mass is 552 g/mol. The molecule has 1 aromatic heterocycles. The molecule has 2 rings (SSSR count). The minimum atomic E-state index is -4.53.